The van der Waals surface area contributed by atoms with E-state index >= 15 is 0 Å². The fourth-order valence-electron chi connectivity index (χ4n) is 7.48. The molecule has 7 aromatic carbocycles. The fraction of sp³-hybridized carbons (Fsp3) is 0.0244. The summed E-state index contributed by atoms with van der Waals surface area (Å²) in [6, 6.07) is 57.3. The molecule has 0 amide bonds. The highest BCUT2D eigenvalue weighted by Crippen LogP contribution is 2.57. The molecule has 2 aliphatic rings. The smallest absolute Gasteiger partial charge is 0.135 e. The Morgan fingerprint density at radius 1 is 0.405 bits per heavy atom. The van der Waals surface area contributed by atoms with E-state index in [1.165, 1.54) is 60.8 Å². The summed E-state index contributed by atoms with van der Waals surface area (Å²) in [7, 11) is 0. The highest BCUT2D eigenvalue weighted by Gasteiger charge is 2.45. The second-order valence-corrected chi connectivity index (χ2v) is 11.2. The Hall–Kier alpha value is -5.40. The third-order valence-electron chi connectivity index (χ3n) is 9.15. The van der Waals surface area contributed by atoms with Crippen molar-refractivity contribution < 1.29 is 4.74 Å². The highest BCUT2D eigenvalue weighted by atomic mass is 16.5. The van der Waals surface area contributed by atoms with Crippen LogP contribution in [0, 0.1) is 0 Å². The van der Waals surface area contributed by atoms with Gasteiger partial charge >= 0.3 is 0 Å². The average molecular weight is 535 g/mol. The van der Waals surface area contributed by atoms with Gasteiger partial charge in [0, 0.05) is 10.9 Å². The van der Waals surface area contributed by atoms with Crippen molar-refractivity contribution in [2.24, 2.45) is 0 Å². The number of hydrogen-bond donors (Lipinski definition) is 0. The summed E-state index contributed by atoms with van der Waals surface area (Å²) < 4.78 is 6.52. The van der Waals surface area contributed by atoms with Crippen LogP contribution in [0.4, 0.5) is 0 Å². The lowest BCUT2D eigenvalue weighted by atomic mass is 9.67. The van der Waals surface area contributed by atoms with Crippen molar-refractivity contribution in [2.45, 2.75) is 5.41 Å². The maximum absolute atomic E-state index is 6.52. The summed E-state index contributed by atoms with van der Waals surface area (Å²) in [5, 5.41) is 2.37. The molecule has 196 valence electrons. The van der Waals surface area contributed by atoms with Crippen molar-refractivity contribution >= 4 is 10.8 Å². The van der Waals surface area contributed by atoms with Crippen LogP contribution in [0.1, 0.15) is 22.3 Å². The van der Waals surface area contributed by atoms with E-state index in [0.29, 0.717) is 0 Å². The summed E-state index contributed by atoms with van der Waals surface area (Å²) in [5.74, 6) is 1.82. The highest BCUT2D eigenvalue weighted by molar-refractivity contribution is 6.07. The topological polar surface area (TPSA) is 9.23 Å². The van der Waals surface area contributed by atoms with Crippen LogP contribution in [0.5, 0.6) is 11.5 Å². The molecule has 0 spiro atoms. The lowest BCUT2D eigenvalue weighted by Gasteiger charge is -2.34. The molecule has 42 heavy (non-hydrogen) atoms. The predicted octanol–water partition coefficient (Wildman–Crippen LogP) is 10.6. The molecule has 1 nitrogen and oxygen atoms in total. The van der Waals surface area contributed by atoms with Gasteiger partial charge in [-0.25, -0.2) is 0 Å². The third kappa shape index (κ3) is 3.08. The van der Waals surface area contributed by atoms with Gasteiger partial charge in [-0.2, -0.15) is 0 Å². The molecule has 1 aliphatic carbocycles. The van der Waals surface area contributed by atoms with Crippen LogP contribution in [-0.4, -0.2) is 0 Å². The summed E-state index contributed by atoms with van der Waals surface area (Å²) in [5.41, 5.74) is 12.1. The summed E-state index contributed by atoms with van der Waals surface area (Å²) in [6.45, 7) is 0. The molecule has 0 unspecified atom stereocenters. The first-order chi connectivity index (χ1) is 20.8. The monoisotopic (exact) mass is 534 g/mol. The molecule has 7 aromatic rings. The molecule has 0 bridgehead atoms. The van der Waals surface area contributed by atoms with Crippen LogP contribution < -0.4 is 4.74 Å². The second kappa shape index (κ2) is 8.80. The Morgan fingerprint density at radius 3 is 1.76 bits per heavy atom. The van der Waals surface area contributed by atoms with Crippen molar-refractivity contribution in [3.05, 3.63) is 180 Å². The van der Waals surface area contributed by atoms with E-state index in [9.17, 15) is 0 Å². The summed E-state index contributed by atoms with van der Waals surface area (Å²) in [6.07, 6.45) is 0. The Morgan fingerprint density at radius 2 is 0.976 bits per heavy atom. The number of ether oxygens (including phenoxy) is 1. The zero-order valence-electron chi connectivity index (χ0n) is 22.9. The molecule has 0 radical (unpaired) electrons. The molecule has 0 N–H and O–H groups in total. The molecular weight excluding hydrogens is 508 g/mol. The van der Waals surface area contributed by atoms with E-state index in [2.05, 4.69) is 158 Å². The third-order valence-corrected chi connectivity index (χ3v) is 9.15. The molecular formula is C41H26O. The number of fused-ring (bicyclic) bond motifs is 5. The van der Waals surface area contributed by atoms with Gasteiger partial charge in [0.25, 0.3) is 0 Å². The van der Waals surface area contributed by atoms with Crippen molar-refractivity contribution in [3.8, 4) is 44.9 Å². The van der Waals surface area contributed by atoms with Gasteiger partial charge in [0.2, 0.25) is 0 Å². The van der Waals surface area contributed by atoms with Gasteiger partial charge < -0.3 is 4.74 Å². The van der Waals surface area contributed by atoms with Gasteiger partial charge in [0.05, 0.1) is 5.41 Å². The van der Waals surface area contributed by atoms with Crippen LogP contribution in [-0.2, 0) is 5.41 Å². The molecule has 1 heteroatoms. The van der Waals surface area contributed by atoms with E-state index < -0.39 is 5.41 Å². The van der Waals surface area contributed by atoms with Gasteiger partial charge in [-0.3, -0.25) is 0 Å². The first-order valence-corrected chi connectivity index (χ1v) is 14.5. The van der Waals surface area contributed by atoms with Crippen LogP contribution in [0.3, 0.4) is 0 Å². The van der Waals surface area contributed by atoms with E-state index in [1.54, 1.807) is 0 Å². The zero-order chi connectivity index (χ0) is 27.7. The van der Waals surface area contributed by atoms with Crippen LogP contribution >= 0.6 is 0 Å². The largest absolute Gasteiger partial charge is 0.456 e. The Bertz CT molecular complexity index is 2120. The van der Waals surface area contributed by atoms with Crippen molar-refractivity contribution in [2.75, 3.05) is 0 Å². The van der Waals surface area contributed by atoms with Crippen molar-refractivity contribution in [1.82, 2.24) is 0 Å². The molecule has 0 fully saturated rings. The summed E-state index contributed by atoms with van der Waals surface area (Å²) in [4.78, 5) is 0. The Balaban J connectivity index is 1.33. The molecule has 0 aromatic heterocycles. The van der Waals surface area contributed by atoms with Crippen molar-refractivity contribution in [3.63, 3.8) is 0 Å². The van der Waals surface area contributed by atoms with Crippen LogP contribution in [0.25, 0.3) is 44.2 Å². The zero-order valence-corrected chi connectivity index (χ0v) is 22.9. The maximum Gasteiger partial charge on any atom is 0.135 e. The minimum atomic E-state index is -0.428. The Kier molecular flexibility index (Phi) is 4.88. The van der Waals surface area contributed by atoms with E-state index in [1.807, 2.05) is 0 Å². The normalized spacial score (nSPS) is 13.6. The quantitative estimate of drug-likeness (QED) is 0.219. The number of rotatable bonds is 3. The standard InChI is InChI=1S/C41H26O/c1-2-15-29(16-3-1)41(35-22-6-4-18-32(35)33-19-5-7-23-36(33)41)30-17-8-14-28(26-30)31-20-11-25-38-40(31)34-21-9-12-27-13-10-24-37(42-38)39(27)34/h1-26H. The molecule has 1 aliphatic heterocycles. The summed E-state index contributed by atoms with van der Waals surface area (Å²) >= 11 is 0. The Labute approximate surface area is 245 Å². The van der Waals surface area contributed by atoms with Crippen LogP contribution in [0.15, 0.2) is 158 Å². The van der Waals surface area contributed by atoms with Gasteiger partial charge in [0.1, 0.15) is 11.5 Å². The predicted molar refractivity (Wildman–Crippen MR) is 172 cm³/mol. The number of benzene rings is 7. The van der Waals surface area contributed by atoms with E-state index in [0.717, 1.165) is 17.1 Å². The van der Waals surface area contributed by atoms with E-state index in [-0.39, 0.29) is 0 Å². The molecule has 0 atom stereocenters. The molecule has 1 heterocycles. The van der Waals surface area contributed by atoms with Crippen molar-refractivity contribution in [1.29, 1.82) is 0 Å². The van der Waals surface area contributed by atoms with Gasteiger partial charge in [0.15, 0.2) is 0 Å². The lowest BCUT2D eigenvalue weighted by Crippen LogP contribution is -2.28. The first-order valence-electron chi connectivity index (χ1n) is 14.5. The maximum atomic E-state index is 6.52. The second-order valence-electron chi connectivity index (χ2n) is 11.2. The number of hydrogen-bond acceptors (Lipinski definition) is 1. The molecule has 9 rings (SSSR count). The SMILES string of the molecule is c1ccc(C2(c3cccc(-c4cccc5c4-c4cccc6cccc(c46)O5)c3)c3ccccc3-c3ccccc32)cc1. The van der Waals surface area contributed by atoms with E-state index in [4.69, 9.17) is 4.74 Å². The first kappa shape index (κ1) is 23.3. The molecule has 0 saturated carbocycles. The van der Waals surface area contributed by atoms with Gasteiger partial charge in [-0.1, -0.05) is 140 Å². The lowest BCUT2D eigenvalue weighted by molar-refractivity contribution is 0.487. The van der Waals surface area contributed by atoms with Gasteiger partial charge in [-0.15, -0.1) is 0 Å². The average Bonchev–Trinajstić information content (AvgIpc) is 3.36. The minimum absolute atomic E-state index is 0.428. The van der Waals surface area contributed by atoms with Crippen LogP contribution in [0.2, 0.25) is 0 Å². The molecule has 0 saturated heterocycles. The minimum Gasteiger partial charge on any atom is -0.456 e. The van der Waals surface area contributed by atoms with Gasteiger partial charge in [-0.05, 0) is 73.7 Å². The fourth-order valence-corrected chi connectivity index (χ4v) is 7.48.